The van der Waals surface area contributed by atoms with Gasteiger partial charge in [0.25, 0.3) is 0 Å². The minimum Gasteiger partial charge on any atom is -0.465 e. The highest BCUT2D eigenvalue weighted by atomic mass is 16.5. The molecule has 0 saturated carbocycles. The zero-order valence-corrected chi connectivity index (χ0v) is 12.1. The van der Waals surface area contributed by atoms with Gasteiger partial charge in [-0.2, -0.15) is 0 Å². The highest BCUT2D eigenvalue weighted by Gasteiger charge is 2.29. The number of hydrogen-bond donors (Lipinski definition) is 1. The van der Waals surface area contributed by atoms with Crippen LogP contribution in [-0.4, -0.2) is 42.1 Å². The van der Waals surface area contributed by atoms with Gasteiger partial charge in [-0.05, 0) is 59.5 Å². The lowest BCUT2D eigenvalue weighted by atomic mass is 9.96. The van der Waals surface area contributed by atoms with E-state index in [9.17, 15) is 4.79 Å². The molecule has 1 rings (SSSR count). The quantitative estimate of drug-likeness (QED) is 0.738. The molecule has 0 amide bonds. The summed E-state index contributed by atoms with van der Waals surface area (Å²) in [7, 11) is 0. The van der Waals surface area contributed by atoms with E-state index in [1.54, 1.807) is 6.92 Å². The van der Waals surface area contributed by atoms with Crippen LogP contribution in [0.2, 0.25) is 0 Å². The van der Waals surface area contributed by atoms with Gasteiger partial charge in [-0.25, -0.2) is 0 Å². The molecule has 0 spiro atoms. The van der Waals surface area contributed by atoms with Crippen LogP contribution in [0.4, 0.5) is 0 Å². The van der Waals surface area contributed by atoms with Crippen LogP contribution in [0, 0.1) is 0 Å². The van der Waals surface area contributed by atoms with Crippen LogP contribution in [0.15, 0.2) is 0 Å². The molecule has 18 heavy (non-hydrogen) atoms. The van der Waals surface area contributed by atoms with Crippen LogP contribution in [0.1, 0.15) is 52.9 Å². The summed E-state index contributed by atoms with van der Waals surface area (Å²) < 4.78 is 4.99. The molecule has 2 N–H and O–H groups in total. The van der Waals surface area contributed by atoms with E-state index in [4.69, 9.17) is 10.5 Å². The molecule has 0 aromatic carbocycles. The summed E-state index contributed by atoms with van der Waals surface area (Å²) in [6.07, 6.45) is 5.57. The second kappa shape index (κ2) is 7.10. The fourth-order valence-electron chi connectivity index (χ4n) is 2.54. The predicted octanol–water partition coefficient (Wildman–Crippen LogP) is 1.92. The lowest BCUT2D eigenvalue weighted by Gasteiger charge is -2.34. The van der Waals surface area contributed by atoms with Crippen molar-refractivity contribution in [2.75, 3.05) is 19.7 Å². The molecule has 4 nitrogen and oxygen atoms in total. The van der Waals surface area contributed by atoms with Crippen LogP contribution >= 0.6 is 0 Å². The molecule has 1 heterocycles. The van der Waals surface area contributed by atoms with Crippen molar-refractivity contribution >= 4 is 5.97 Å². The van der Waals surface area contributed by atoms with Crippen molar-refractivity contribution < 1.29 is 9.53 Å². The average molecular weight is 256 g/mol. The first-order valence-electron chi connectivity index (χ1n) is 7.17. The van der Waals surface area contributed by atoms with Gasteiger partial charge in [0.05, 0.1) is 6.61 Å². The van der Waals surface area contributed by atoms with Crippen LogP contribution in [0.5, 0.6) is 0 Å². The zero-order valence-electron chi connectivity index (χ0n) is 12.1. The smallest absolute Gasteiger partial charge is 0.325 e. The topological polar surface area (TPSA) is 55.6 Å². The minimum atomic E-state index is -0.838. The maximum atomic E-state index is 11.7. The molecule has 0 bridgehead atoms. The number of ether oxygens (including phenoxy) is 1. The molecule has 2 unspecified atom stereocenters. The Labute approximate surface area is 111 Å². The normalized spacial score (nSPS) is 24.6. The third kappa shape index (κ3) is 4.58. The van der Waals surface area contributed by atoms with Crippen molar-refractivity contribution in [2.45, 2.75) is 64.5 Å². The van der Waals surface area contributed by atoms with Gasteiger partial charge in [-0.1, -0.05) is 6.42 Å². The molecule has 1 fully saturated rings. The highest BCUT2D eigenvalue weighted by Crippen LogP contribution is 2.18. The number of hydrogen-bond acceptors (Lipinski definition) is 4. The third-order valence-electron chi connectivity index (χ3n) is 3.82. The first-order chi connectivity index (χ1) is 8.47. The van der Waals surface area contributed by atoms with Gasteiger partial charge in [-0.15, -0.1) is 0 Å². The number of esters is 1. The van der Waals surface area contributed by atoms with E-state index in [1.165, 1.54) is 25.8 Å². The summed E-state index contributed by atoms with van der Waals surface area (Å²) in [5.41, 5.74) is 5.17. The molecule has 1 aliphatic heterocycles. The molecule has 1 saturated heterocycles. The lowest BCUT2D eigenvalue weighted by molar-refractivity contribution is -0.149. The predicted molar refractivity (Wildman–Crippen MR) is 73.3 cm³/mol. The number of nitrogens with zero attached hydrogens (tertiary/aromatic N) is 1. The Morgan fingerprint density at radius 2 is 2.22 bits per heavy atom. The van der Waals surface area contributed by atoms with E-state index in [2.05, 4.69) is 11.8 Å². The Morgan fingerprint density at radius 1 is 1.50 bits per heavy atom. The molecular formula is C14H28N2O2. The minimum absolute atomic E-state index is 0.281. The molecule has 0 aromatic heterocycles. The van der Waals surface area contributed by atoms with Gasteiger partial charge >= 0.3 is 5.97 Å². The maximum Gasteiger partial charge on any atom is 0.325 e. The number of carbonyl (C=O) groups is 1. The van der Waals surface area contributed by atoms with Crippen LogP contribution < -0.4 is 5.73 Å². The summed E-state index contributed by atoms with van der Waals surface area (Å²) in [5, 5.41) is 0. The second-order valence-corrected chi connectivity index (χ2v) is 5.62. The SMILES string of the molecule is CCOC(=O)C(C)(N)CCCN1CCCCC1C. The van der Waals surface area contributed by atoms with Gasteiger partial charge in [-0.3, -0.25) is 4.79 Å². The van der Waals surface area contributed by atoms with Gasteiger partial charge in [0.15, 0.2) is 0 Å². The second-order valence-electron chi connectivity index (χ2n) is 5.62. The summed E-state index contributed by atoms with van der Waals surface area (Å²) in [5.74, 6) is -0.281. The van der Waals surface area contributed by atoms with E-state index in [1.807, 2.05) is 6.92 Å². The van der Waals surface area contributed by atoms with Crippen LogP contribution in [-0.2, 0) is 9.53 Å². The van der Waals surface area contributed by atoms with Gasteiger partial charge < -0.3 is 15.4 Å². The number of rotatable bonds is 6. The standard InChI is InChI=1S/C14H28N2O2/c1-4-18-13(17)14(3,15)9-7-11-16-10-6-5-8-12(16)2/h12H,4-11,15H2,1-3H3. The van der Waals surface area contributed by atoms with E-state index in [0.717, 1.165) is 13.0 Å². The summed E-state index contributed by atoms with van der Waals surface area (Å²) >= 11 is 0. The van der Waals surface area contributed by atoms with Crippen LogP contribution in [0.25, 0.3) is 0 Å². The van der Waals surface area contributed by atoms with E-state index >= 15 is 0 Å². The lowest BCUT2D eigenvalue weighted by Crippen LogP contribution is -2.47. The van der Waals surface area contributed by atoms with E-state index in [-0.39, 0.29) is 5.97 Å². The molecule has 106 valence electrons. The molecule has 0 aromatic rings. The molecule has 1 aliphatic rings. The number of piperidine rings is 1. The molecule has 0 radical (unpaired) electrons. The average Bonchev–Trinajstić information content (AvgIpc) is 2.32. The van der Waals surface area contributed by atoms with E-state index < -0.39 is 5.54 Å². The van der Waals surface area contributed by atoms with Crippen molar-refractivity contribution in [2.24, 2.45) is 5.73 Å². The highest BCUT2D eigenvalue weighted by molar-refractivity contribution is 5.79. The van der Waals surface area contributed by atoms with Crippen molar-refractivity contribution in [3.8, 4) is 0 Å². The summed E-state index contributed by atoms with van der Waals surface area (Å²) in [6.45, 7) is 8.48. The number of nitrogens with two attached hydrogens (primary N) is 1. The largest absolute Gasteiger partial charge is 0.465 e. The summed E-state index contributed by atoms with van der Waals surface area (Å²) in [4.78, 5) is 14.2. The first-order valence-corrected chi connectivity index (χ1v) is 7.17. The molecule has 2 atom stereocenters. The fourth-order valence-corrected chi connectivity index (χ4v) is 2.54. The summed E-state index contributed by atoms with van der Waals surface area (Å²) in [6, 6.07) is 0.672. The van der Waals surface area contributed by atoms with Crippen molar-refractivity contribution in [1.82, 2.24) is 4.90 Å². The zero-order chi connectivity index (χ0) is 13.6. The Bertz CT molecular complexity index is 267. The molecule has 4 heteroatoms. The third-order valence-corrected chi connectivity index (χ3v) is 3.82. The van der Waals surface area contributed by atoms with Crippen molar-refractivity contribution in [3.63, 3.8) is 0 Å². The number of likely N-dealkylation sites (tertiary alicyclic amines) is 1. The van der Waals surface area contributed by atoms with Crippen molar-refractivity contribution in [1.29, 1.82) is 0 Å². The maximum absolute atomic E-state index is 11.7. The Balaban J connectivity index is 2.29. The number of carbonyl (C=O) groups excluding carboxylic acids is 1. The Morgan fingerprint density at radius 3 is 2.83 bits per heavy atom. The fraction of sp³-hybridized carbons (Fsp3) is 0.929. The molecule has 0 aliphatic carbocycles. The van der Waals surface area contributed by atoms with Gasteiger partial charge in [0, 0.05) is 6.04 Å². The van der Waals surface area contributed by atoms with Gasteiger partial charge in [0.1, 0.15) is 5.54 Å². The van der Waals surface area contributed by atoms with Gasteiger partial charge in [0.2, 0.25) is 0 Å². The monoisotopic (exact) mass is 256 g/mol. The first kappa shape index (κ1) is 15.4. The molecular weight excluding hydrogens is 228 g/mol. The Hall–Kier alpha value is -0.610. The van der Waals surface area contributed by atoms with Crippen molar-refractivity contribution in [3.05, 3.63) is 0 Å². The van der Waals surface area contributed by atoms with E-state index in [0.29, 0.717) is 19.1 Å². The van der Waals surface area contributed by atoms with Crippen LogP contribution in [0.3, 0.4) is 0 Å². The Kier molecular flexibility index (Phi) is 6.09.